The van der Waals surface area contributed by atoms with Gasteiger partial charge in [0.25, 0.3) is 0 Å². The van der Waals surface area contributed by atoms with E-state index in [1.54, 1.807) is 0 Å². The van der Waals surface area contributed by atoms with Crippen molar-refractivity contribution in [2.75, 3.05) is 5.32 Å². The molecular weight excluding hydrogens is 358 g/mol. The summed E-state index contributed by atoms with van der Waals surface area (Å²) in [5.74, 6) is 0.508. The Hall–Kier alpha value is -1.82. The molecule has 1 aromatic carbocycles. The summed E-state index contributed by atoms with van der Waals surface area (Å²) in [6, 6.07) is 10.0. The van der Waals surface area contributed by atoms with E-state index in [1.165, 1.54) is 19.3 Å². The minimum atomic E-state index is -0.497. The van der Waals surface area contributed by atoms with Gasteiger partial charge >= 0.3 is 6.09 Å². The van der Waals surface area contributed by atoms with Crippen molar-refractivity contribution in [3.8, 4) is 0 Å². The van der Waals surface area contributed by atoms with E-state index in [0.717, 1.165) is 22.9 Å². The van der Waals surface area contributed by atoms with Gasteiger partial charge < -0.3 is 4.74 Å². The lowest BCUT2D eigenvalue weighted by Crippen LogP contribution is -2.16. The lowest BCUT2D eigenvalue weighted by Gasteiger charge is -2.21. The van der Waals surface area contributed by atoms with Crippen molar-refractivity contribution in [3.63, 3.8) is 0 Å². The number of benzene rings is 1. The average Bonchev–Trinajstić information content (AvgIpc) is 2.95. The largest absolute Gasteiger partial charge is 0.444 e. The molecular formula is C17H20BrN3O2. The van der Waals surface area contributed by atoms with Crippen LogP contribution in [0.15, 0.2) is 41.0 Å². The van der Waals surface area contributed by atoms with E-state index < -0.39 is 6.09 Å². The average molecular weight is 378 g/mol. The summed E-state index contributed by atoms with van der Waals surface area (Å²) in [4.78, 5) is 11.9. The molecule has 0 saturated heterocycles. The van der Waals surface area contributed by atoms with Gasteiger partial charge in [-0.1, -0.05) is 49.6 Å². The number of hydrogen-bond donors (Lipinski definition) is 1. The van der Waals surface area contributed by atoms with Crippen molar-refractivity contribution in [3.05, 3.63) is 46.6 Å². The van der Waals surface area contributed by atoms with Crippen LogP contribution in [0, 0.1) is 0 Å². The summed E-state index contributed by atoms with van der Waals surface area (Å²) < 4.78 is 7.95. The lowest BCUT2D eigenvalue weighted by molar-refractivity contribution is 0.155. The number of nitrogens with one attached hydrogen (secondary N) is 1. The molecule has 1 aromatic heterocycles. The number of ether oxygens (including phenoxy) is 1. The van der Waals surface area contributed by atoms with E-state index in [-0.39, 0.29) is 6.61 Å². The number of anilines is 1. The van der Waals surface area contributed by atoms with Crippen molar-refractivity contribution < 1.29 is 9.53 Å². The topological polar surface area (TPSA) is 56.2 Å². The van der Waals surface area contributed by atoms with Crippen LogP contribution in [0.25, 0.3) is 0 Å². The first-order valence-corrected chi connectivity index (χ1v) is 8.74. The molecule has 0 spiro atoms. The lowest BCUT2D eigenvalue weighted by atomic mass is 9.96. The van der Waals surface area contributed by atoms with Gasteiger partial charge in [-0.05, 0) is 34.3 Å². The normalized spacial score (nSPS) is 15.3. The molecule has 1 aliphatic carbocycles. The number of halogens is 1. The highest BCUT2D eigenvalue weighted by Crippen LogP contribution is 2.30. The van der Waals surface area contributed by atoms with Crippen molar-refractivity contribution in [1.82, 2.24) is 9.78 Å². The van der Waals surface area contributed by atoms with Gasteiger partial charge in [0.05, 0.1) is 10.5 Å². The second-order valence-corrected chi connectivity index (χ2v) is 6.64. The fourth-order valence-corrected chi connectivity index (χ4v) is 3.23. The molecule has 0 aliphatic heterocycles. The molecule has 0 atom stereocenters. The number of aromatic nitrogens is 2. The summed E-state index contributed by atoms with van der Waals surface area (Å²) in [6.45, 7) is 0.244. The molecule has 6 heteroatoms. The fourth-order valence-electron chi connectivity index (χ4n) is 2.84. The third kappa shape index (κ3) is 4.34. The second-order valence-electron chi connectivity index (χ2n) is 5.78. The van der Waals surface area contributed by atoms with Crippen LogP contribution in [0.4, 0.5) is 10.6 Å². The Morgan fingerprint density at radius 1 is 1.26 bits per heavy atom. The van der Waals surface area contributed by atoms with Gasteiger partial charge in [0, 0.05) is 6.20 Å². The Morgan fingerprint density at radius 3 is 2.74 bits per heavy atom. The molecule has 122 valence electrons. The quantitative estimate of drug-likeness (QED) is 0.823. The Balaban J connectivity index is 1.56. The van der Waals surface area contributed by atoms with Crippen molar-refractivity contribution in [2.45, 2.75) is 44.8 Å². The zero-order valence-corrected chi connectivity index (χ0v) is 14.5. The molecule has 2 aromatic rings. The Morgan fingerprint density at radius 2 is 2.00 bits per heavy atom. The van der Waals surface area contributed by atoms with Gasteiger partial charge in [-0.3, -0.25) is 10.00 Å². The molecule has 0 unspecified atom stereocenters. The van der Waals surface area contributed by atoms with Crippen molar-refractivity contribution >= 4 is 27.8 Å². The number of rotatable bonds is 4. The van der Waals surface area contributed by atoms with Crippen LogP contribution in [-0.4, -0.2) is 15.9 Å². The third-order valence-electron chi connectivity index (χ3n) is 4.07. The molecule has 1 aliphatic rings. The SMILES string of the molecule is O=C(Nc1nn(C2CCCCC2)cc1Br)OCc1ccccc1. The van der Waals surface area contributed by atoms with E-state index in [4.69, 9.17) is 4.74 Å². The number of nitrogens with zero attached hydrogens (tertiary/aromatic N) is 2. The molecule has 5 nitrogen and oxygen atoms in total. The number of carbonyl (C=O) groups is 1. The van der Waals surface area contributed by atoms with Gasteiger partial charge in [-0.25, -0.2) is 4.79 Å². The summed E-state index contributed by atoms with van der Waals surface area (Å²) in [6.07, 6.45) is 7.51. The van der Waals surface area contributed by atoms with Crippen LogP contribution < -0.4 is 5.32 Å². The zero-order valence-electron chi connectivity index (χ0n) is 12.9. The number of hydrogen-bond acceptors (Lipinski definition) is 3. The Labute approximate surface area is 144 Å². The monoisotopic (exact) mass is 377 g/mol. The molecule has 23 heavy (non-hydrogen) atoms. The van der Waals surface area contributed by atoms with Crippen molar-refractivity contribution in [1.29, 1.82) is 0 Å². The Kier molecular flexibility index (Phi) is 5.33. The first-order chi connectivity index (χ1) is 11.2. The number of carbonyl (C=O) groups excluding carboxylic acids is 1. The molecule has 1 saturated carbocycles. The van der Waals surface area contributed by atoms with E-state index in [0.29, 0.717) is 11.9 Å². The molecule has 1 heterocycles. The minimum Gasteiger partial charge on any atom is -0.444 e. The van der Waals surface area contributed by atoms with Crippen LogP contribution >= 0.6 is 15.9 Å². The second kappa shape index (κ2) is 7.64. The fraction of sp³-hybridized carbons (Fsp3) is 0.412. The highest BCUT2D eigenvalue weighted by molar-refractivity contribution is 9.10. The summed E-state index contributed by atoms with van der Waals surface area (Å²) >= 11 is 3.45. The predicted molar refractivity (Wildman–Crippen MR) is 92.3 cm³/mol. The maximum Gasteiger partial charge on any atom is 0.413 e. The van der Waals surface area contributed by atoms with Gasteiger partial charge in [0.15, 0.2) is 5.82 Å². The first kappa shape index (κ1) is 16.1. The van der Waals surface area contributed by atoms with E-state index in [2.05, 4.69) is 26.3 Å². The molecule has 1 N–H and O–H groups in total. The number of amides is 1. The van der Waals surface area contributed by atoms with Gasteiger partial charge in [-0.15, -0.1) is 0 Å². The van der Waals surface area contributed by atoms with Crippen LogP contribution in [-0.2, 0) is 11.3 Å². The molecule has 0 radical (unpaired) electrons. The van der Waals surface area contributed by atoms with E-state index in [1.807, 2.05) is 41.2 Å². The summed E-state index contributed by atoms with van der Waals surface area (Å²) in [5.41, 5.74) is 0.953. The van der Waals surface area contributed by atoms with Crippen LogP contribution in [0.3, 0.4) is 0 Å². The Bertz CT molecular complexity index is 651. The van der Waals surface area contributed by atoms with Crippen LogP contribution in [0.5, 0.6) is 0 Å². The maximum absolute atomic E-state index is 11.9. The zero-order chi connectivity index (χ0) is 16.1. The van der Waals surface area contributed by atoms with Gasteiger partial charge in [0.2, 0.25) is 0 Å². The first-order valence-electron chi connectivity index (χ1n) is 7.95. The third-order valence-corrected chi connectivity index (χ3v) is 4.65. The molecule has 1 amide bonds. The van der Waals surface area contributed by atoms with Gasteiger partial charge in [-0.2, -0.15) is 5.10 Å². The molecule has 0 bridgehead atoms. The highest BCUT2D eigenvalue weighted by atomic mass is 79.9. The summed E-state index contributed by atoms with van der Waals surface area (Å²) in [7, 11) is 0. The highest BCUT2D eigenvalue weighted by Gasteiger charge is 2.19. The van der Waals surface area contributed by atoms with Gasteiger partial charge in [0.1, 0.15) is 6.61 Å². The molecule has 1 fully saturated rings. The smallest absolute Gasteiger partial charge is 0.413 e. The summed E-state index contributed by atoms with van der Waals surface area (Å²) in [5, 5.41) is 7.19. The standard InChI is InChI=1S/C17H20BrN3O2/c18-15-11-21(14-9-5-2-6-10-14)20-16(15)19-17(22)23-12-13-7-3-1-4-8-13/h1,3-4,7-8,11,14H,2,5-6,9-10,12H2,(H,19,20,22). The maximum atomic E-state index is 11.9. The van der Waals surface area contributed by atoms with E-state index >= 15 is 0 Å². The minimum absolute atomic E-state index is 0.244. The van der Waals surface area contributed by atoms with Crippen LogP contribution in [0.1, 0.15) is 43.7 Å². The van der Waals surface area contributed by atoms with E-state index in [9.17, 15) is 4.79 Å². The van der Waals surface area contributed by atoms with Crippen molar-refractivity contribution in [2.24, 2.45) is 0 Å². The molecule has 3 rings (SSSR count). The predicted octanol–water partition coefficient (Wildman–Crippen LogP) is 4.90. The van der Waals surface area contributed by atoms with Crippen LogP contribution in [0.2, 0.25) is 0 Å².